The van der Waals surface area contributed by atoms with Crippen LogP contribution < -0.4 is 0 Å². The van der Waals surface area contributed by atoms with Gasteiger partial charge in [-0.1, -0.05) is 64.2 Å². The average Bonchev–Trinajstić information content (AvgIpc) is 3.40. The van der Waals surface area contributed by atoms with Crippen molar-refractivity contribution >= 4 is 0 Å². The Labute approximate surface area is 165 Å². The summed E-state index contributed by atoms with van der Waals surface area (Å²) in [6.07, 6.45) is 20.1. The Balaban J connectivity index is 0.000000250. The van der Waals surface area contributed by atoms with Crippen LogP contribution in [0.25, 0.3) is 0 Å². The molecule has 0 N–H and O–H groups in total. The molecule has 2 aliphatic heterocycles. The van der Waals surface area contributed by atoms with Crippen LogP contribution in [-0.2, 0) is 9.47 Å². The fraction of sp³-hybridized carbons (Fsp3) is 1.00. The molecule has 0 spiro atoms. The first kappa shape index (κ1) is 22.3. The summed E-state index contributed by atoms with van der Waals surface area (Å²) >= 11 is 0. The number of rotatable bonds is 0. The fourth-order valence-corrected chi connectivity index (χ4v) is 2.79. The minimum absolute atomic E-state index is 0. The monoisotopic (exact) mass is 436 g/mol. The van der Waals surface area contributed by atoms with E-state index in [9.17, 15) is 0 Å². The third kappa shape index (κ3) is 17.4. The largest absolute Gasteiger partial charge is 0.381 e. The van der Waals surface area contributed by atoms with Crippen molar-refractivity contribution in [1.29, 1.82) is 0 Å². The van der Waals surface area contributed by atoms with Gasteiger partial charge in [0.1, 0.15) is 0 Å². The zero-order valence-electron chi connectivity index (χ0n) is 14.0. The zero-order valence-corrected chi connectivity index (χ0v) is 16.6. The molecule has 3 heteroatoms. The van der Waals surface area contributed by atoms with Gasteiger partial charge in [-0.05, 0) is 25.7 Å². The van der Waals surface area contributed by atoms with Gasteiger partial charge in [-0.2, -0.15) is 0 Å². The second-order valence-electron chi connectivity index (χ2n) is 6.17. The summed E-state index contributed by atoms with van der Waals surface area (Å²) in [5.41, 5.74) is 0. The minimum Gasteiger partial charge on any atom is -0.381 e. The average molecular weight is 435 g/mol. The van der Waals surface area contributed by atoms with Crippen LogP contribution in [0.3, 0.4) is 0 Å². The van der Waals surface area contributed by atoms with E-state index in [2.05, 4.69) is 0 Å². The molecule has 0 amide bonds. The molecule has 2 heterocycles. The van der Waals surface area contributed by atoms with E-state index >= 15 is 0 Å². The van der Waals surface area contributed by atoms with Crippen molar-refractivity contribution in [1.82, 2.24) is 0 Å². The maximum atomic E-state index is 4.94. The van der Waals surface area contributed by atoms with Gasteiger partial charge in [0, 0.05) is 66.8 Å². The third-order valence-corrected chi connectivity index (χ3v) is 4.15. The van der Waals surface area contributed by atoms with E-state index in [1.165, 1.54) is 89.9 Å². The SMILES string of the molecule is C1CCCC1.C1CCCC1.C1CCOC1.C1CCOC1.[Sm]. The van der Waals surface area contributed by atoms with E-state index in [4.69, 9.17) is 9.47 Å². The third-order valence-electron chi connectivity index (χ3n) is 4.15. The molecular formula is C18H36O2Sm. The molecule has 21 heavy (non-hydrogen) atoms. The van der Waals surface area contributed by atoms with Gasteiger partial charge in [-0.25, -0.2) is 0 Å². The summed E-state index contributed by atoms with van der Waals surface area (Å²) in [7, 11) is 0. The molecule has 2 nitrogen and oxygen atoms in total. The second-order valence-corrected chi connectivity index (χ2v) is 6.17. The van der Waals surface area contributed by atoms with Crippen LogP contribution in [0.2, 0.25) is 0 Å². The molecule has 4 aliphatic rings. The van der Waals surface area contributed by atoms with E-state index in [1.807, 2.05) is 0 Å². The van der Waals surface area contributed by atoms with Crippen molar-refractivity contribution in [3.8, 4) is 0 Å². The molecule has 0 atom stereocenters. The Morgan fingerprint density at radius 2 is 0.476 bits per heavy atom. The Kier molecular flexibility index (Phi) is 20.5. The van der Waals surface area contributed by atoms with Crippen LogP contribution in [0.5, 0.6) is 0 Å². The standard InChI is InChI=1S/2C5H10.2C4H8O.Sm/c4*1-2-4-5-3-1;/h2*1-5H2;2*1-4H2;. The molecule has 2 saturated heterocycles. The Morgan fingerprint density at radius 3 is 0.571 bits per heavy atom. The van der Waals surface area contributed by atoms with Crippen LogP contribution >= 0.6 is 0 Å². The van der Waals surface area contributed by atoms with Gasteiger partial charge in [0.2, 0.25) is 0 Å². The summed E-state index contributed by atoms with van der Waals surface area (Å²) in [5.74, 6) is 0. The minimum atomic E-state index is 0. The predicted octanol–water partition coefficient (Wildman–Crippen LogP) is 5.49. The molecule has 4 rings (SSSR count). The van der Waals surface area contributed by atoms with E-state index < -0.39 is 0 Å². The normalized spacial score (nSPS) is 22.9. The fourth-order valence-electron chi connectivity index (χ4n) is 2.79. The molecule has 2 saturated carbocycles. The first-order chi connectivity index (χ1) is 10.0. The molecule has 126 valence electrons. The summed E-state index contributed by atoms with van der Waals surface area (Å²) < 4.78 is 9.89. The van der Waals surface area contributed by atoms with E-state index in [0.717, 1.165) is 26.4 Å². The smallest absolute Gasteiger partial charge is 0.0466 e. The van der Waals surface area contributed by atoms with Crippen molar-refractivity contribution in [2.75, 3.05) is 26.4 Å². The van der Waals surface area contributed by atoms with Gasteiger partial charge in [0.05, 0.1) is 0 Å². The predicted molar refractivity (Wildman–Crippen MR) is 86.3 cm³/mol. The van der Waals surface area contributed by atoms with E-state index in [-0.39, 0.29) is 40.4 Å². The molecule has 4 fully saturated rings. The first-order valence-electron chi connectivity index (χ1n) is 9.15. The van der Waals surface area contributed by atoms with Crippen molar-refractivity contribution in [2.45, 2.75) is 89.9 Å². The van der Waals surface area contributed by atoms with E-state index in [1.54, 1.807) is 0 Å². The van der Waals surface area contributed by atoms with Crippen LogP contribution in [0.15, 0.2) is 0 Å². The van der Waals surface area contributed by atoms with Crippen LogP contribution in [0.4, 0.5) is 0 Å². The van der Waals surface area contributed by atoms with Crippen molar-refractivity contribution in [3.05, 3.63) is 0 Å². The van der Waals surface area contributed by atoms with Crippen molar-refractivity contribution in [2.24, 2.45) is 0 Å². The molecule has 0 aromatic rings. The van der Waals surface area contributed by atoms with Gasteiger partial charge < -0.3 is 9.47 Å². The van der Waals surface area contributed by atoms with Crippen LogP contribution in [0.1, 0.15) is 89.9 Å². The maximum Gasteiger partial charge on any atom is 0.0466 e. The molecule has 0 radical (unpaired) electrons. The first-order valence-corrected chi connectivity index (χ1v) is 9.15. The zero-order chi connectivity index (χ0) is 14.1. The molecule has 0 aromatic carbocycles. The van der Waals surface area contributed by atoms with Crippen LogP contribution in [0, 0.1) is 40.4 Å². The molecule has 0 bridgehead atoms. The van der Waals surface area contributed by atoms with Gasteiger partial charge >= 0.3 is 0 Å². The van der Waals surface area contributed by atoms with Crippen molar-refractivity contribution < 1.29 is 49.9 Å². The summed E-state index contributed by atoms with van der Waals surface area (Å²) in [5, 5.41) is 0. The number of ether oxygens (including phenoxy) is 2. The van der Waals surface area contributed by atoms with Gasteiger partial charge in [-0.3, -0.25) is 0 Å². The summed E-state index contributed by atoms with van der Waals surface area (Å²) in [6, 6.07) is 0. The Bertz CT molecular complexity index is 102. The van der Waals surface area contributed by atoms with Gasteiger partial charge in [0.25, 0.3) is 0 Å². The summed E-state index contributed by atoms with van der Waals surface area (Å²) in [4.78, 5) is 0. The Hall–Kier alpha value is 1.26. The number of hydrogen-bond donors (Lipinski definition) is 0. The van der Waals surface area contributed by atoms with Crippen LogP contribution in [-0.4, -0.2) is 26.4 Å². The molecular weight excluding hydrogens is 399 g/mol. The topological polar surface area (TPSA) is 18.5 Å². The second kappa shape index (κ2) is 19.3. The quantitative estimate of drug-likeness (QED) is 0.501. The summed E-state index contributed by atoms with van der Waals surface area (Å²) in [6.45, 7) is 4.00. The van der Waals surface area contributed by atoms with Gasteiger partial charge in [-0.15, -0.1) is 0 Å². The molecule has 2 aliphatic carbocycles. The number of hydrogen-bond acceptors (Lipinski definition) is 2. The molecule has 0 aromatic heterocycles. The van der Waals surface area contributed by atoms with Gasteiger partial charge in [0.15, 0.2) is 0 Å². The molecule has 0 unspecified atom stereocenters. The Morgan fingerprint density at radius 1 is 0.286 bits per heavy atom. The van der Waals surface area contributed by atoms with E-state index in [0.29, 0.717) is 0 Å². The maximum absolute atomic E-state index is 4.94. The van der Waals surface area contributed by atoms with Crippen molar-refractivity contribution in [3.63, 3.8) is 0 Å².